The average molecular weight is 867 g/mol. The zero-order valence-electron chi connectivity index (χ0n) is 34.3. The molecule has 0 heterocycles. The smallest absolute Gasteiger partial charge is 0.360 e. The van der Waals surface area contributed by atoms with Crippen LogP contribution in [0.15, 0.2) is 0 Å². The molecule has 0 saturated heterocycles. The molecule has 0 amide bonds. The highest BCUT2D eigenvalue weighted by molar-refractivity contribution is 8.07. The van der Waals surface area contributed by atoms with E-state index in [0.717, 1.165) is 128 Å². The first-order chi connectivity index (χ1) is 26.7. The highest BCUT2D eigenvalue weighted by Gasteiger charge is 2.38. The molecule has 0 atom stereocenters. The van der Waals surface area contributed by atoms with E-state index >= 15 is 0 Å². The molecule has 0 aromatic carbocycles. The average Bonchev–Trinajstić information content (AvgIpc) is 3.17. The molecule has 0 radical (unpaired) electrons. The molecular formula is C40H74N4O8S4. The van der Waals surface area contributed by atoms with Gasteiger partial charge in [0, 0.05) is 0 Å². The lowest BCUT2D eigenvalue weighted by atomic mass is 10.0. The summed E-state index contributed by atoms with van der Waals surface area (Å²) in [6, 6.07) is 0. The lowest BCUT2D eigenvalue weighted by molar-refractivity contribution is -0.00400. The minimum atomic E-state index is -3.53. The molecule has 0 aliphatic heterocycles. The van der Waals surface area contributed by atoms with Crippen molar-refractivity contribution in [2.45, 2.75) is 216 Å². The molecule has 0 N–H and O–H groups in total. The Hall–Kier alpha value is -1.44. The van der Waals surface area contributed by atoms with Gasteiger partial charge in [-0.3, -0.25) is 0 Å². The molecule has 12 nitrogen and oxygen atoms in total. The highest BCUT2D eigenvalue weighted by atomic mass is 32.2. The molecule has 326 valence electrons. The van der Waals surface area contributed by atoms with Crippen LogP contribution in [0.5, 0.6) is 0 Å². The van der Waals surface area contributed by atoms with Gasteiger partial charge in [0.2, 0.25) is 0 Å². The van der Waals surface area contributed by atoms with Gasteiger partial charge in [0.05, 0.1) is 46.4 Å². The van der Waals surface area contributed by atoms with Crippen LogP contribution in [0.4, 0.5) is 0 Å². The second-order valence-electron chi connectivity index (χ2n) is 16.5. The lowest BCUT2D eigenvalue weighted by Gasteiger charge is -2.19. The van der Waals surface area contributed by atoms with E-state index < -0.39 is 49.8 Å². The van der Waals surface area contributed by atoms with Crippen LogP contribution in [-0.4, -0.2) is 86.8 Å². The fourth-order valence-electron chi connectivity index (χ4n) is 8.15. The maximum atomic E-state index is 12.7. The number of hydrogen-bond donors (Lipinski definition) is 0. The Bertz CT molecular complexity index is 1530. The summed E-state index contributed by atoms with van der Waals surface area (Å²) in [5.74, 6) is 0.847. The van der Waals surface area contributed by atoms with Gasteiger partial charge in [-0.05, 0) is 64.2 Å². The Morgan fingerprint density at radius 1 is 0.357 bits per heavy atom. The quantitative estimate of drug-likeness (QED) is 0.0215. The molecule has 2 aliphatic carbocycles. The Balaban J connectivity index is 1.38. The summed E-state index contributed by atoms with van der Waals surface area (Å²) in [5.41, 5.74) is 18.6. The third kappa shape index (κ3) is 21.0. The van der Waals surface area contributed by atoms with Gasteiger partial charge in [-0.2, -0.15) is 9.58 Å². The monoisotopic (exact) mass is 866 g/mol. The first kappa shape index (κ1) is 50.7. The van der Waals surface area contributed by atoms with Crippen molar-refractivity contribution in [1.82, 2.24) is 0 Å². The fraction of sp³-hybridized carbons (Fsp3) is 0.950. The molecule has 0 bridgehead atoms. The zero-order valence-corrected chi connectivity index (χ0v) is 37.6. The van der Waals surface area contributed by atoms with E-state index in [-0.39, 0.29) is 45.9 Å². The van der Waals surface area contributed by atoms with Crippen molar-refractivity contribution in [2.24, 2.45) is 0 Å². The predicted octanol–water partition coefficient (Wildman–Crippen LogP) is 9.15. The standard InChI is InChI=1S/C40H74N4O8S4/c41-43-39(55(49,50)37-27-17-15-18-28-37)31-21-9-3-7-13-25-35-53(45,46)33-23-11-5-1-2-6-12-24-34-54(47,48)36-26-14-8-4-10-22-32-40(44-42)56(51,52)38-29-19-16-20-30-38/h37-38H,1-36H2. The maximum Gasteiger partial charge on any atom is 0.381 e. The molecule has 0 spiro atoms. The van der Waals surface area contributed by atoms with Crippen LogP contribution >= 0.6 is 0 Å². The van der Waals surface area contributed by atoms with E-state index in [1.165, 1.54) is 0 Å². The Morgan fingerprint density at radius 3 is 0.839 bits per heavy atom. The Labute approximate surface area is 341 Å². The number of sulfone groups is 4. The summed E-state index contributed by atoms with van der Waals surface area (Å²) in [5, 5.41) is -1.01. The van der Waals surface area contributed by atoms with Gasteiger partial charge >= 0.3 is 10.1 Å². The van der Waals surface area contributed by atoms with Crippen LogP contribution in [0, 0.1) is 0 Å². The van der Waals surface area contributed by atoms with Gasteiger partial charge < -0.3 is 11.1 Å². The second-order valence-corrected chi connectivity index (χ2v) is 25.5. The summed E-state index contributed by atoms with van der Waals surface area (Å²) in [6.45, 7) is 0. The van der Waals surface area contributed by atoms with Crippen LogP contribution in [-0.2, 0) is 39.3 Å². The van der Waals surface area contributed by atoms with Crippen molar-refractivity contribution >= 4 is 49.4 Å². The molecule has 2 aliphatic rings. The van der Waals surface area contributed by atoms with E-state index in [0.29, 0.717) is 64.2 Å². The van der Waals surface area contributed by atoms with E-state index in [1.807, 2.05) is 0 Å². The Morgan fingerprint density at radius 2 is 0.589 bits per heavy atom. The second kappa shape index (κ2) is 28.1. The van der Waals surface area contributed by atoms with Crippen molar-refractivity contribution < 1.29 is 43.3 Å². The zero-order chi connectivity index (χ0) is 41.2. The van der Waals surface area contributed by atoms with Gasteiger partial charge in [0.15, 0.2) is 0 Å². The highest BCUT2D eigenvalue weighted by Crippen LogP contribution is 2.27. The normalized spacial score (nSPS) is 16.4. The number of hydrogen-bond acceptors (Lipinski definition) is 8. The van der Waals surface area contributed by atoms with Gasteiger partial charge in [0.25, 0.3) is 19.7 Å². The van der Waals surface area contributed by atoms with Crippen LogP contribution in [0.3, 0.4) is 0 Å². The molecule has 2 rings (SSSR count). The molecule has 2 saturated carbocycles. The number of unbranched alkanes of at least 4 members (excludes halogenated alkanes) is 17. The molecule has 2 fully saturated rings. The molecular weight excluding hydrogens is 793 g/mol. The van der Waals surface area contributed by atoms with Gasteiger partial charge in [-0.1, -0.05) is 128 Å². The minimum absolute atomic E-state index is 0.0854. The topological polar surface area (TPSA) is 209 Å². The van der Waals surface area contributed by atoms with Crippen LogP contribution in [0.2, 0.25) is 0 Å². The summed E-state index contributed by atoms with van der Waals surface area (Å²) < 4.78 is 101. The summed E-state index contributed by atoms with van der Waals surface area (Å²) in [7, 11) is -13.2. The van der Waals surface area contributed by atoms with Gasteiger partial charge in [0.1, 0.15) is 19.7 Å². The van der Waals surface area contributed by atoms with Crippen LogP contribution < -0.4 is 0 Å². The Kier molecular flexibility index (Phi) is 25.4. The van der Waals surface area contributed by atoms with E-state index in [9.17, 15) is 44.7 Å². The largest absolute Gasteiger partial charge is 0.381 e. The van der Waals surface area contributed by atoms with Crippen molar-refractivity contribution in [2.75, 3.05) is 23.0 Å². The molecule has 0 aromatic heterocycles. The first-order valence-electron chi connectivity index (χ1n) is 22.1. The molecule has 0 unspecified atom stereocenters. The van der Waals surface area contributed by atoms with Crippen LogP contribution in [0.1, 0.15) is 205 Å². The number of nitrogens with zero attached hydrogens (tertiary/aromatic N) is 4. The molecule has 56 heavy (non-hydrogen) atoms. The van der Waals surface area contributed by atoms with Crippen molar-refractivity contribution in [3.8, 4) is 0 Å². The molecule has 16 heteroatoms. The predicted molar refractivity (Wildman–Crippen MR) is 228 cm³/mol. The summed E-state index contributed by atoms with van der Waals surface area (Å²) in [4.78, 5) is 6.27. The van der Waals surface area contributed by atoms with Crippen LogP contribution in [0.25, 0.3) is 11.1 Å². The third-order valence-corrected chi connectivity index (χ3v) is 19.9. The van der Waals surface area contributed by atoms with Crippen molar-refractivity contribution in [3.63, 3.8) is 0 Å². The van der Waals surface area contributed by atoms with Gasteiger partial charge in [-0.15, -0.1) is 0 Å². The van der Waals surface area contributed by atoms with Gasteiger partial charge in [-0.25, -0.2) is 33.7 Å². The van der Waals surface area contributed by atoms with Crippen molar-refractivity contribution in [1.29, 1.82) is 0 Å². The SMILES string of the molecule is [N-]=[N+]=C(CCCCCCCCS(=O)(=O)CCCCCCCCCCS(=O)(=O)CCCCCCCCC(=[N+]=[N-])S(=O)(=O)C1CCCCC1)S(=O)(=O)C1CCCCC1. The minimum Gasteiger partial charge on any atom is -0.360 e. The number of rotatable bonds is 31. The van der Waals surface area contributed by atoms with Crippen molar-refractivity contribution in [3.05, 3.63) is 11.1 Å². The summed E-state index contributed by atoms with van der Waals surface area (Å²) in [6.07, 6.45) is 25.3. The lowest BCUT2D eigenvalue weighted by Crippen LogP contribution is -2.31. The fourth-order valence-corrected chi connectivity index (χ4v) is 14.9. The summed E-state index contributed by atoms with van der Waals surface area (Å²) >= 11 is 0. The molecule has 0 aromatic rings. The van der Waals surface area contributed by atoms with E-state index in [1.54, 1.807) is 0 Å². The third-order valence-electron chi connectivity index (χ3n) is 11.7. The maximum absolute atomic E-state index is 12.7. The van der Waals surface area contributed by atoms with E-state index in [2.05, 4.69) is 9.58 Å². The van der Waals surface area contributed by atoms with E-state index in [4.69, 9.17) is 0 Å². The first-order valence-corrected chi connectivity index (χ1v) is 28.8.